The van der Waals surface area contributed by atoms with Crippen molar-refractivity contribution >= 4 is 11.6 Å². The van der Waals surface area contributed by atoms with Gasteiger partial charge in [0.1, 0.15) is 5.72 Å². The Balaban J connectivity index is 2.31. The molecule has 2 aliphatic rings. The molecule has 10 nitrogen and oxygen atoms in total. The summed E-state index contributed by atoms with van der Waals surface area (Å²) >= 11 is 0. The van der Waals surface area contributed by atoms with E-state index in [1.54, 1.807) is 0 Å². The van der Waals surface area contributed by atoms with E-state index in [2.05, 4.69) is 5.32 Å². The summed E-state index contributed by atoms with van der Waals surface area (Å²) in [6.45, 7) is 1.43. The Morgan fingerprint density at radius 3 is 2.46 bits per heavy atom. The molecule has 1 amide bonds. The van der Waals surface area contributed by atoms with Crippen LogP contribution in [0, 0.1) is 60.9 Å². The molecule has 0 radical (unpaired) electrons. The molecule has 10 heteroatoms. The molecule has 1 heterocycles. The standard InChI is InChI=1S/C18H15N5O5/c1-10-17(9-21)15(24)22-18(10,25)6-12(16(17,7-19)8-20)11-3-4-14(28-2)13(5-11)23(26)27/h3-5,10,12,25H,6H2,1-2H3,(H,22,24). The number of nitrogens with one attached hydrogen (secondary N) is 1. The lowest BCUT2D eigenvalue weighted by atomic mass is 9.48. The molecular formula is C18H15N5O5. The van der Waals surface area contributed by atoms with E-state index >= 15 is 0 Å². The van der Waals surface area contributed by atoms with Gasteiger partial charge in [0.15, 0.2) is 16.6 Å². The molecule has 1 aromatic rings. The minimum atomic E-state index is -2.16. The van der Waals surface area contributed by atoms with Crippen LogP contribution in [-0.2, 0) is 4.79 Å². The molecule has 2 fully saturated rings. The predicted octanol–water partition coefficient (Wildman–Crippen LogP) is 1.09. The van der Waals surface area contributed by atoms with Crippen molar-refractivity contribution < 1.29 is 19.6 Å². The molecule has 0 aromatic heterocycles. The van der Waals surface area contributed by atoms with Gasteiger partial charge in [0, 0.05) is 24.3 Å². The van der Waals surface area contributed by atoms with Crippen LogP contribution in [0.2, 0.25) is 0 Å². The molecule has 2 N–H and O–H groups in total. The lowest BCUT2D eigenvalue weighted by Crippen LogP contribution is -2.57. The number of amides is 1. The van der Waals surface area contributed by atoms with E-state index in [4.69, 9.17) is 4.74 Å². The fraction of sp³-hybridized carbons (Fsp3) is 0.444. The Morgan fingerprint density at radius 2 is 1.96 bits per heavy atom. The molecule has 4 atom stereocenters. The lowest BCUT2D eigenvalue weighted by molar-refractivity contribution is -0.385. The molecule has 1 saturated heterocycles. The van der Waals surface area contributed by atoms with Crippen molar-refractivity contribution in [2.45, 2.75) is 25.0 Å². The normalized spacial score (nSPS) is 32.4. The van der Waals surface area contributed by atoms with Crippen LogP contribution >= 0.6 is 0 Å². The van der Waals surface area contributed by atoms with Crippen LogP contribution in [0.1, 0.15) is 24.8 Å². The van der Waals surface area contributed by atoms with E-state index in [-0.39, 0.29) is 17.7 Å². The highest BCUT2D eigenvalue weighted by atomic mass is 16.6. The fourth-order valence-corrected chi connectivity index (χ4v) is 4.47. The number of nitrogens with zero attached hydrogens (tertiary/aromatic N) is 4. The zero-order chi connectivity index (χ0) is 20.9. The van der Waals surface area contributed by atoms with E-state index in [1.165, 1.54) is 26.2 Å². The van der Waals surface area contributed by atoms with Gasteiger partial charge >= 0.3 is 5.69 Å². The molecular weight excluding hydrogens is 366 g/mol. The summed E-state index contributed by atoms with van der Waals surface area (Å²) < 4.78 is 4.96. The van der Waals surface area contributed by atoms with Gasteiger partial charge in [-0.05, 0) is 11.6 Å². The van der Waals surface area contributed by atoms with Crippen molar-refractivity contribution in [1.82, 2.24) is 5.32 Å². The van der Waals surface area contributed by atoms with Crippen LogP contribution in [0.15, 0.2) is 18.2 Å². The summed E-state index contributed by atoms with van der Waals surface area (Å²) in [4.78, 5) is 23.4. The van der Waals surface area contributed by atoms with Gasteiger partial charge in [0.2, 0.25) is 5.91 Å². The maximum absolute atomic E-state index is 12.7. The Labute approximate surface area is 159 Å². The molecule has 28 heavy (non-hydrogen) atoms. The van der Waals surface area contributed by atoms with Gasteiger partial charge in [0.25, 0.3) is 0 Å². The highest BCUT2D eigenvalue weighted by molar-refractivity contribution is 5.92. The molecule has 4 unspecified atom stereocenters. The van der Waals surface area contributed by atoms with Gasteiger partial charge in [-0.3, -0.25) is 14.9 Å². The van der Waals surface area contributed by atoms with Crippen LogP contribution in [0.25, 0.3) is 0 Å². The van der Waals surface area contributed by atoms with Crippen molar-refractivity contribution in [3.05, 3.63) is 33.9 Å². The lowest BCUT2D eigenvalue weighted by Gasteiger charge is -2.47. The number of carbonyl (C=O) groups excluding carboxylic acids is 1. The molecule has 2 bridgehead atoms. The number of benzene rings is 1. The largest absolute Gasteiger partial charge is 0.490 e. The number of methoxy groups -OCH3 is 1. The SMILES string of the molecule is COc1ccc(C2CC3(O)NC(=O)C(C#N)(C3C)C2(C#N)C#N)cc1[N+](=O)[O-]. The number of nitro benzene ring substituents is 1. The smallest absolute Gasteiger partial charge is 0.311 e. The number of hydrogen-bond acceptors (Lipinski definition) is 8. The first kappa shape index (κ1) is 19.1. The molecule has 1 aromatic carbocycles. The van der Waals surface area contributed by atoms with Gasteiger partial charge in [-0.1, -0.05) is 13.0 Å². The first-order valence-electron chi connectivity index (χ1n) is 8.28. The highest BCUT2D eigenvalue weighted by Crippen LogP contribution is 2.65. The molecule has 1 aliphatic heterocycles. The topological polar surface area (TPSA) is 173 Å². The van der Waals surface area contributed by atoms with E-state index in [1.807, 2.05) is 18.2 Å². The van der Waals surface area contributed by atoms with Crippen LogP contribution in [0.5, 0.6) is 5.75 Å². The van der Waals surface area contributed by atoms with Crippen molar-refractivity contribution in [2.24, 2.45) is 16.7 Å². The number of nitriles is 3. The van der Waals surface area contributed by atoms with Crippen molar-refractivity contribution in [2.75, 3.05) is 7.11 Å². The highest BCUT2D eigenvalue weighted by Gasteiger charge is 2.77. The number of nitro groups is 1. The zero-order valence-corrected chi connectivity index (χ0v) is 15.0. The Kier molecular flexibility index (Phi) is 4.03. The molecule has 1 saturated carbocycles. The average Bonchev–Trinajstić information content (AvgIpc) is 2.82. The number of rotatable bonds is 3. The second kappa shape index (κ2) is 5.91. The molecule has 0 spiro atoms. The zero-order valence-electron chi connectivity index (χ0n) is 15.0. The minimum Gasteiger partial charge on any atom is -0.490 e. The van der Waals surface area contributed by atoms with E-state index in [0.29, 0.717) is 0 Å². The summed E-state index contributed by atoms with van der Waals surface area (Å²) in [6.07, 6.45) is -0.256. The maximum Gasteiger partial charge on any atom is 0.311 e. The maximum atomic E-state index is 12.7. The number of carbonyl (C=O) groups is 1. The molecule has 142 valence electrons. The van der Waals surface area contributed by atoms with Crippen LogP contribution in [-0.4, -0.2) is 28.8 Å². The number of aliphatic hydroxyl groups is 1. The van der Waals surface area contributed by atoms with E-state index < -0.39 is 44.9 Å². The average molecular weight is 381 g/mol. The predicted molar refractivity (Wildman–Crippen MR) is 91.0 cm³/mol. The Morgan fingerprint density at radius 1 is 1.32 bits per heavy atom. The second-order valence-electron chi connectivity index (χ2n) is 7.00. The molecule has 3 rings (SSSR count). The van der Waals surface area contributed by atoms with Gasteiger partial charge in [0.05, 0.1) is 30.2 Å². The Hall–Kier alpha value is -3.68. The second-order valence-corrected chi connectivity index (χ2v) is 7.00. The van der Waals surface area contributed by atoms with Crippen LogP contribution in [0.3, 0.4) is 0 Å². The van der Waals surface area contributed by atoms with E-state index in [9.17, 15) is 35.8 Å². The third-order valence-corrected chi connectivity index (χ3v) is 6.05. The van der Waals surface area contributed by atoms with E-state index in [0.717, 1.165) is 6.07 Å². The van der Waals surface area contributed by atoms with Gasteiger partial charge in [-0.25, -0.2) is 0 Å². The van der Waals surface area contributed by atoms with Gasteiger partial charge in [-0.15, -0.1) is 0 Å². The summed E-state index contributed by atoms with van der Waals surface area (Å²) in [6, 6.07) is 9.35. The van der Waals surface area contributed by atoms with Crippen LogP contribution < -0.4 is 10.1 Å². The summed E-state index contributed by atoms with van der Waals surface area (Å²) in [5.41, 5.74) is -6.34. The third kappa shape index (κ3) is 1.99. The number of fused-ring (bicyclic) bond motifs is 2. The fourth-order valence-electron chi connectivity index (χ4n) is 4.47. The summed E-state index contributed by atoms with van der Waals surface area (Å²) in [5.74, 6) is -3.10. The Bertz CT molecular complexity index is 1000. The van der Waals surface area contributed by atoms with Crippen molar-refractivity contribution in [3.63, 3.8) is 0 Å². The minimum absolute atomic E-state index is 0.0247. The third-order valence-electron chi connectivity index (χ3n) is 6.05. The molecule has 1 aliphatic carbocycles. The van der Waals surface area contributed by atoms with Gasteiger partial charge < -0.3 is 15.2 Å². The number of hydrogen-bond donors (Lipinski definition) is 2. The summed E-state index contributed by atoms with van der Waals surface area (Å²) in [7, 11) is 1.26. The van der Waals surface area contributed by atoms with Crippen molar-refractivity contribution in [3.8, 4) is 24.0 Å². The first-order chi connectivity index (χ1) is 13.2. The monoisotopic (exact) mass is 381 g/mol. The first-order valence-corrected chi connectivity index (χ1v) is 8.28. The quantitative estimate of drug-likeness (QED) is 0.578. The van der Waals surface area contributed by atoms with Crippen LogP contribution in [0.4, 0.5) is 5.69 Å². The van der Waals surface area contributed by atoms with Crippen molar-refractivity contribution in [1.29, 1.82) is 15.8 Å². The summed E-state index contributed by atoms with van der Waals surface area (Å²) in [5, 5.41) is 54.4. The van der Waals surface area contributed by atoms with Gasteiger partial charge in [-0.2, -0.15) is 15.8 Å². The number of ether oxygens (including phenoxy) is 1.